The van der Waals surface area contributed by atoms with Gasteiger partial charge in [-0.2, -0.15) is 0 Å². The Labute approximate surface area is 113 Å². The van der Waals surface area contributed by atoms with Gasteiger partial charge in [-0.3, -0.25) is 4.79 Å². The van der Waals surface area contributed by atoms with Crippen LogP contribution in [0.2, 0.25) is 0 Å². The molecule has 104 valence electrons. The monoisotopic (exact) mass is 262 g/mol. The van der Waals surface area contributed by atoms with Gasteiger partial charge in [-0.05, 0) is 39.0 Å². The van der Waals surface area contributed by atoms with E-state index < -0.39 is 0 Å². The number of piperidine rings is 1. The smallest absolute Gasteiger partial charge is 0.240 e. The summed E-state index contributed by atoms with van der Waals surface area (Å²) in [5, 5.41) is 6.62. The van der Waals surface area contributed by atoms with Gasteiger partial charge in [0.2, 0.25) is 5.91 Å². The maximum absolute atomic E-state index is 11.9. The Morgan fingerprint density at radius 3 is 3.05 bits per heavy atom. The molecule has 0 bridgehead atoms. The minimum Gasteiger partial charge on any atom is -0.352 e. The minimum absolute atomic E-state index is 0.102. The van der Waals surface area contributed by atoms with Crippen LogP contribution in [0.3, 0.4) is 0 Å². The largest absolute Gasteiger partial charge is 0.352 e. The van der Waals surface area contributed by atoms with Crippen molar-refractivity contribution in [3.8, 4) is 0 Å². The molecule has 2 atom stereocenters. The first-order valence-electron chi connectivity index (χ1n) is 7.28. The second-order valence-corrected chi connectivity index (χ2v) is 5.84. The van der Waals surface area contributed by atoms with E-state index in [4.69, 9.17) is 0 Å². The molecule has 1 amide bonds. The first-order chi connectivity index (χ1) is 9.22. The molecule has 1 saturated heterocycles. The lowest BCUT2D eigenvalue weighted by Gasteiger charge is -2.29. The zero-order valence-corrected chi connectivity index (χ0v) is 11.4. The summed E-state index contributed by atoms with van der Waals surface area (Å²) in [7, 11) is 0. The standard InChI is InChI=1S/C14H22N4O/c1-10-3-2-4-12(16-10)13-7-15-9-18(13)8-14(19)17-11-5-6-11/h7,9-12,16H,2-6,8H2,1H3,(H,17,19). The van der Waals surface area contributed by atoms with Crippen molar-refractivity contribution in [3.05, 3.63) is 18.2 Å². The van der Waals surface area contributed by atoms with Crippen LogP contribution in [-0.2, 0) is 11.3 Å². The molecule has 3 rings (SSSR count). The number of nitrogens with zero attached hydrogens (tertiary/aromatic N) is 2. The summed E-state index contributed by atoms with van der Waals surface area (Å²) in [5.74, 6) is 0.102. The second-order valence-electron chi connectivity index (χ2n) is 5.84. The molecule has 2 unspecified atom stereocenters. The van der Waals surface area contributed by atoms with E-state index in [1.807, 2.05) is 10.8 Å². The molecule has 2 heterocycles. The summed E-state index contributed by atoms with van der Waals surface area (Å²) in [5.41, 5.74) is 1.14. The Kier molecular flexibility index (Phi) is 3.55. The summed E-state index contributed by atoms with van der Waals surface area (Å²) >= 11 is 0. The van der Waals surface area contributed by atoms with Gasteiger partial charge in [0.15, 0.2) is 0 Å². The van der Waals surface area contributed by atoms with Crippen molar-refractivity contribution in [1.29, 1.82) is 0 Å². The van der Waals surface area contributed by atoms with Crippen molar-refractivity contribution >= 4 is 5.91 Å². The number of carbonyl (C=O) groups excluding carboxylic acids is 1. The van der Waals surface area contributed by atoms with E-state index in [9.17, 15) is 4.79 Å². The fraction of sp³-hybridized carbons (Fsp3) is 0.714. The van der Waals surface area contributed by atoms with Crippen LogP contribution in [0.4, 0.5) is 0 Å². The Bertz CT molecular complexity index is 452. The van der Waals surface area contributed by atoms with Crippen molar-refractivity contribution in [2.24, 2.45) is 0 Å². The van der Waals surface area contributed by atoms with Crippen LogP contribution >= 0.6 is 0 Å². The molecule has 1 saturated carbocycles. The van der Waals surface area contributed by atoms with E-state index >= 15 is 0 Å². The van der Waals surface area contributed by atoms with E-state index in [-0.39, 0.29) is 5.91 Å². The van der Waals surface area contributed by atoms with Crippen molar-refractivity contribution < 1.29 is 4.79 Å². The summed E-state index contributed by atoms with van der Waals surface area (Å²) in [6, 6.07) is 1.30. The van der Waals surface area contributed by atoms with Gasteiger partial charge >= 0.3 is 0 Å². The van der Waals surface area contributed by atoms with Gasteiger partial charge in [0.1, 0.15) is 6.54 Å². The normalized spacial score (nSPS) is 27.2. The third-order valence-electron chi connectivity index (χ3n) is 3.97. The fourth-order valence-corrected chi connectivity index (χ4v) is 2.78. The average Bonchev–Trinajstić information content (AvgIpc) is 3.05. The zero-order valence-electron chi connectivity index (χ0n) is 11.4. The van der Waals surface area contributed by atoms with E-state index in [1.54, 1.807) is 6.33 Å². The quantitative estimate of drug-likeness (QED) is 0.861. The molecule has 0 radical (unpaired) electrons. The number of amides is 1. The lowest BCUT2D eigenvalue weighted by atomic mass is 9.97. The van der Waals surface area contributed by atoms with Crippen molar-refractivity contribution in [2.45, 2.75) is 63.7 Å². The summed E-state index contributed by atoms with van der Waals surface area (Å²) in [4.78, 5) is 16.1. The van der Waals surface area contributed by atoms with Gasteiger partial charge < -0.3 is 15.2 Å². The molecular weight excluding hydrogens is 240 g/mol. The molecule has 0 spiro atoms. The molecule has 2 aliphatic rings. The first kappa shape index (κ1) is 12.7. The van der Waals surface area contributed by atoms with Gasteiger partial charge in [-0.1, -0.05) is 0 Å². The Morgan fingerprint density at radius 1 is 1.47 bits per heavy atom. The van der Waals surface area contributed by atoms with Gasteiger partial charge in [0.05, 0.1) is 12.0 Å². The summed E-state index contributed by atoms with van der Waals surface area (Å²) in [6.45, 7) is 2.60. The van der Waals surface area contributed by atoms with Crippen LogP contribution in [0, 0.1) is 0 Å². The van der Waals surface area contributed by atoms with E-state index in [0.29, 0.717) is 24.7 Å². The maximum Gasteiger partial charge on any atom is 0.240 e. The summed E-state index contributed by atoms with van der Waals surface area (Å²) < 4.78 is 1.98. The molecule has 1 aromatic heterocycles. The third-order valence-corrected chi connectivity index (χ3v) is 3.97. The van der Waals surface area contributed by atoms with Crippen molar-refractivity contribution in [1.82, 2.24) is 20.2 Å². The van der Waals surface area contributed by atoms with Crippen LogP contribution in [0.1, 0.15) is 50.8 Å². The van der Waals surface area contributed by atoms with Crippen LogP contribution in [0.15, 0.2) is 12.5 Å². The highest BCUT2D eigenvalue weighted by atomic mass is 16.2. The number of rotatable bonds is 4. The van der Waals surface area contributed by atoms with E-state index in [2.05, 4.69) is 22.5 Å². The number of aromatic nitrogens is 2. The molecule has 1 aliphatic heterocycles. The average molecular weight is 262 g/mol. The predicted molar refractivity (Wildman–Crippen MR) is 72.6 cm³/mol. The van der Waals surface area contributed by atoms with Crippen LogP contribution in [0.5, 0.6) is 0 Å². The highest BCUT2D eigenvalue weighted by molar-refractivity contribution is 5.76. The topological polar surface area (TPSA) is 59.0 Å². The van der Waals surface area contributed by atoms with Gasteiger partial charge in [0.25, 0.3) is 0 Å². The number of hydrogen-bond acceptors (Lipinski definition) is 3. The molecule has 1 aliphatic carbocycles. The Morgan fingerprint density at radius 2 is 2.32 bits per heavy atom. The number of hydrogen-bond donors (Lipinski definition) is 2. The molecule has 2 fully saturated rings. The van der Waals surface area contributed by atoms with Gasteiger partial charge in [-0.25, -0.2) is 4.98 Å². The molecule has 1 aromatic rings. The van der Waals surface area contributed by atoms with Crippen LogP contribution < -0.4 is 10.6 Å². The maximum atomic E-state index is 11.9. The number of nitrogens with one attached hydrogen (secondary N) is 2. The van der Waals surface area contributed by atoms with Crippen LogP contribution in [0.25, 0.3) is 0 Å². The lowest BCUT2D eigenvalue weighted by molar-refractivity contribution is -0.121. The lowest BCUT2D eigenvalue weighted by Crippen LogP contribution is -2.36. The molecule has 0 aromatic carbocycles. The molecule has 5 nitrogen and oxygen atoms in total. The SMILES string of the molecule is CC1CCCC(c2cncn2CC(=O)NC2CC2)N1. The second kappa shape index (κ2) is 5.33. The minimum atomic E-state index is 0.102. The summed E-state index contributed by atoms with van der Waals surface area (Å²) in [6.07, 6.45) is 9.50. The van der Waals surface area contributed by atoms with Crippen molar-refractivity contribution in [3.63, 3.8) is 0 Å². The molecule has 5 heteroatoms. The number of carbonyl (C=O) groups is 1. The predicted octanol–water partition coefficient (Wildman–Crippen LogP) is 1.36. The molecular formula is C14H22N4O. The Hall–Kier alpha value is -1.36. The number of imidazole rings is 1. The van der Waals surface area contributed by atoms with E-state index in [0.717, 1.165) is 25.0 Å². The molecule has 2 N–H and O–H groups in total. The van der Waals surface area contributed by atoms with Crippen LogP contribution in [-0.4, -0.2) is 27.5 Å². The van der Waals surface area contributed by atoms with Crippen molar-refractivity contribution in [2.75, 3.05) is 0 Å². The highest BCUT2D eigenvalue weighted by Gasteiger charge is 2.25. The zero-order chi connectivity index (χ0) is 13.2. The van der Waals surface area contributed by atoms with Gasteiger partial charge in [0, 0.05) is 24.3 Å². The first-order valence-corrected chi connectivity index (χ1v) is 7.28. The molecule has 19 heavy (non-hydrogen) atoms. The van der Waals surface area contributed by atoms with Gasteiger partial charge in [-0.15, -0.1) is 0 Å². The highest BCUT2D eigenvalue weighted by Crippen LogP contribution is 2.25. The fourth-order valence-electron chi connectivity index (χ4n) is 2.78. The third kappa shape index (κ3) is 3.15. The van der Waals surface area contributed by atoms with E-state index in [1.165, 1.54) is 12.8 Å². The Balaban J connectivity index is 1.65.